The zero-order chi connectivity index (χ0) is 20.8. The summed E-state index contributed by atoms with van der Waals surface area (Å²) >= 11 is 0. The average Bonchev–Trinajstić information content (AvgIpc) is 3.05. The molecule has 0 bridgehead atoms. The third-order valence-corrected chi connectivity index (χ3v) is 10.5. The average molecular weight is 403 g/mol. The first-order valence-electron chi connectivity index (χ1n) is 12.8. The van der Waals surface area contributed by atoms with Crippen molar-refractivity contribution < 1.29 is 10.2 Å². The van der Waals surface area contributed by atoms with Gasteiger partial charge in [-0.15, -0.1) is 0 Å². The third-order valence-electron chi connectivity index (χ3n) is 10.5. The number of rotatable bonds is 6. The van der Waals surface area contributed by atoms with Crippen LogP contribution < -0.4 is 0 Å². The second kappa shape index (κ2) is 8.30. The van der Waals surface area contributed by atoms with Crippen LogP contribution in [0, 0.1) is 46.3 Å². The minimum Gasteiger partial charge on any atom is -0.396 e. The van der Waals surface area contributed by atoms with Gasteiger partial charge in [-0.1, -0.05) is 52.2 Å². The van der Waals surface area contributed by atoms with Crippen LogP contribution in [0.3, 0.4) is 0 Å². The Kier molecular flexibility index (Phi) is 6.26. The van der Waals surface area contributed by atoms with Crippen molar-refractivity contribution in [2.45, 2.75) is 104 Å². The molecule has 3 saturated carbocycles. The van der Waals surface area contributed by atoms with Crippen LogP contribution in [0.25, 0.3) is 0 Å². The molecule has 9 atom stereocenters. The van der Waals surface area contributed by atoms with Crippen LogP contribution in [0.2, 0.25) is 0 Å². The number of hydrogen-bond acceptors (Lipinski definition) is 2. The van der Waals surface area contributed by atoms with Crippen LogP contribution in [0.1, 0.15) is 98.3 Å². The lowest BCUT2D eigenvalue weighted by Gasteiger charge is -2.58. The van der Waals surface area contributed by atoms with Crippen molar-refractivity contribution >= 4 is 0 Å². The van der Waals surface area contributed by atoms with Gasteiger partial charge < -0.3 is 10.2 Å². The first kappa shape index (κ1) is 21.9. The largest absolute Gasteiger partial charge is 0.396 e. The predicted molar refractivity (Wildman–Crippen MR) is 120 cm³/mol. The molecule has 2 heteroatoms. The van der Waals surface area contributed by atoms with Crippen LogP contribution in [-0.4, -0.2) is 22.9 Å². The Morgan fingerprint density at radius 1 is 1.03 bits per heavy atom. The summed E-state index contributed by atoms with van der Waals surface area (Å²) in [5.74, 6) is 4.82. The molecule has 4 aliphatic rings. The standard InChI is InChI=1S/C27H46O2/c1-18(17-28)6-5-7-19(2)23-10-11-24-22-9-8-20-16-21(29)12-14-26(20,3)25(22)13-15-27(23,24)4/h8,18-19,21-25,28-29H,5-7,9-17H2,1-4H3/t18-,19-,21+,22+,23-,24+,25+,26+,27-/m0/s1. The second-order valence-corrected chi connectivity index (χ2v) is 12.1. The van der Waals surface area contributed by atoms with E-state index in [2.05, 4.69) is 33.8 Å². The van der Waals surface area contributed by atoms with E-state index in [4.69, 9.17) is 0 Å². The molecule has 2 N–H and O–H groups in total. The molecule has 0 aliphatic heterocycles. The van der Waals surface area contributed by atoms with Gasteiger partial charge in [-0.2, -0.15) is 0 Å². The van der Waals surface area contributed by atoms with Gasteiger partial charge in [0.15, 0.2) is 0 Å². The van der Waals surface area contributed by atoms with Crippen LogP contribution in [0.5, 0.6) is 0 Å². The number of fused-ring (bicyclic) bond motifs is 5. The summed E-state index contributed by atoms with van der Waals surface area (Å²) in [5, 5.41) is 19.5. The minimum absolute atomic E-state index is 0.0926. The van der Waals surface area contributed by atoms with E-state index in [-0.39, 0.29) is 6.10 Å². The lowest BCUT2D eigenvalue weighted by Crippen LogP contribution is -2.50. The van der Waals surface area contributed by atoms with E-state index in [1.165, 1.54) is 57.8 Å². The molecule has 3 fully saturated rings. The smallest absolute Gasteiger partial charge is 0.0577 e. The zero-order valence-corrected chi connectivity index (χ0v) is 19.5. The molecule has 0 aromatic rings. The molecule has 2 nitrogen and oxygen atoms in total. The fourth-order valence-corrected chi connectivity index (χ4v) is 8.70. The van der Waals surface area contributed by atoms with Crippen LogP contribution in [0.15, 0.2) is 11.6 Å². The summed E-state index contributed by atoms with van der Waals surface area (Å²) in [7, 11) is 0. The first-order valence-corrected chi connectivity index (χ1v) is 12.8. The third kappa shape index (κ3) is 3.75. The lowest BCUT2D eigenvalue weighted by molar-refractivity contribution is -0.0573. The van der Waals surface area contributed by atoms with Crippen molar-refractivity contribution in [1.82, 2.24) is 0 Å². The Bertz CT molecular complexity index is 612. The summed E-state index contributed by atoms with van der Waals surface area (Å²) in [6.45, 7) is 10.2. The number of allylic oxidation sites excluding steroid dienone is 1. The molecule has 0 saturated heterocycles. The molecule has 0 aromatic carbocycles. The lowest BCUT2D eigenvalue weighted by atomic mass is 9.47. The molecule has 4 rings (SSSR count). The highest BCUT2D eigenvalue weighted by Crippen LogP contribution is 2.67. The van der Waals surface area contributed by atoms with Gasteiger partial charge in [0, 0.05) is 6.61 Å². The van der Waals surface area contributed by atoms with Gasteiger partial charge in [0.1, 0.15) is 0 Å². The molecule has 29 heavy (non-hydrogen) atoms. The topological polar surface area (TPSA) is 40.5 Å². The van der Waals surface area contributed by atoms with E-state index >= 15 is 0 Å². The molecule has 0 radical (unpaired) electrons. The zero-order valence-electron chi connectivity index (χ0n) is 19.5. The van der Waals surface area contributed by atoms with Gasteiger partial charge in [-0.3, -0.25) is 0 Å². The van der Waals surface area contributed by atoms with E-state index < -0.39 is 0 Å². The Morgan fingerprint density at radius 3 is 2.59 bits per heavy atom. The van der Waals surface area contributed by atoms with Crippen molar-refractivity contribution in [3.05, 3.63) is 11.6 Å². The van der Waals surface area contributed by atoms with E-state index in [0.29, 0.717) is 23.4 Å². The van der Waals surface area contributed by atoms with Crippen LogP contribution >= 0.6 is 0 Å². The number of hydrogen-bond donors (Lipinski definition) is 2. The molecule has 0 amide bonds. The van der Waals surface area contributed by atoms with Gasteiger partial charge in [0.2, 0.25) is 0 Å². The molecule has 166 valence electrons. The van der Waals surface area contributed by atoms with E-state index in [0.717, 1.165) is 42.4 Å². The summed E-state index contributed by atoms with van der Waals surface area (Å²) in [5.41, 5.74) is 2.51. The number of aliphatic hydroxyl groups excluding tert-OH is 2. The second-order valence-electron chi connectivity index (χ2n) is 12.1. The molecular weight excluding hydrogens is 356 g/mol. The van der Waals surface area contributed by atoms with Crippen molar-refractivity contribution in [1.29, 1.82) is 0 Å². The Balaban J connectivity index is 1.46. The van der Waals surface area contributed by atoms with Crippen molar-refractivity contribution in [3.8, 4) is 0 Å². The Labute approximate surface area is 179 Å². The fraction of sp³-hybridized carbons (Fsp3) is 0.926. The molecule has 0 heterocycles. The quantitative estimate of drug-likeness (QED) is 0.507. The number of aliphatic hydroxyl groups is 2. The van der Waals surface area contributed by atoms with Gasteiger partial charge in [-0.25, -0.2) is 0 Å². The highest BCUT2D eigenvalue weighted by Gasteiger charge is 2.59. The minimum atomic E-state index is -0.0926. The summed E-state index contributed by atoms with van der Waals surface area (Å²) < 4.78 is 0. The van der Waals surface area contributed by atoms with Gasteiger partial charge >= 0.3 is 0 Å². The van der Waals surface area contributed by atoms with Crippen molar-refractivity contribution in [3.63, 3.8) is 0 Å². The molecular formula is C27H46O2. The van der Waals surface area contributed by atoms with E-state index in [1.54, 1.807) is 5.57 Å². The van der Waals surface area contributed by atoms with Gasteiger partial charge in [0.05, 0.1) is 6.10 Å². The maximum absolute atomic E-state index is 10.2. The highest BCUT2D eigenvalue weighted by atomic mass is 16.3. The summed E-state index contributed by atoms with van der Waals surface area (Å²) in [6.07, 6.45) is 16.4. The fourth-order valence-electron chi connectivity index (χ4n) is 8.70. The van der Waals surface area contributed by atoms with E-state index in [1.807, 2.05) is 0 Å². The van der Waals surface area contributed by atoms with E-state index in [9.17, 15) is 10.2 Å². The summed E-state index contributed by atoms with van der Waals surface area (Å²) in [4.78, 5) is 0. The van der Waals surface area contributed by atoms with Gasteiger partial charge in [0.25, 0.3) is 0 Å². The highest BCUT2D eigenvalue weighted by molar-refractivity contribution is 5.25. The maximum Gasteiger partial charge on any atom is 0.0577 e. The molecule has 4 aliphatic carbocycles. The Hall–Kier alpha value is -0.340. The summed E-state index contributed by atoms with van der Waals surface area (Å²) in [6, 6.07) is 0. The van der Waals surface area contributed by atoms with Crippen molar-refractivity contribution in [2.75, 3.05) is 6.61 Å². The monoisotopic (exact) mass is 402 g/mol. The normalized spacial score (nSPS) is 46.3. The molecule has 0 aromatic heterocycles. The maximum atomic E-state index is 10.2. The molecule has 0 spiro atoms. The predicted octanol–water partition coefficient (Wildman–Crippen LogP) is 6.36. The van der Waals surface area contributed by atoms with Crippen LogP contribution in [0.4, 0.5) is 0 Å². The molecule has 0 unspecified atom stereocenters. The SMILES string of the molecule is C[C@H](CO)CCC[C@H](C)[C@@H]1CC[C@@H]2[C@H]3CC=C4C[C@H](O)CC[C@@]4(C)[C@@H]3CC[C@]21C. The van der Waals surface area contributed by atoms with Crippen LogP contribution in [-0.2, 0) is 0 Å². The van der Waals surface area contributed by atoms with Gasteiger partial charge in [-0.05, 0) is 104 Å². The first-order chi connectivity index (χ1) is 13.8. The Morgan fingerprint density at radius 2 is 1.83 bits per heavy atom. The van der Waals surface area contributed by atoms with Crippen molar-refractivity contribution in [2.24, 2.45) is 46.3 Å².